The molecule has 0 aliphatic heterocycles. The largest absolute Gasteiger partial charge is 0.497 e. The summed E-state index contributed by atoms with van der Waals surface area (Å²) in [5, 5.41) is 18.2. The predicted molar refractivity (Wildman–Crippen MR) is 158 cm³/mol. The second-order valence-electron chi connectivity index (χ2n) is 10.6. The van der Waals surface area contributed by atoms with Gasteiger partial charge in [0.2, 0.25) is 0 Å². The van der Waals surface area contributed by atoms with E-state index in [0.717, 1.165) is 35.1 Å². The Kier molecular flexibility index (Phi) is 10.1. The van der Waals surface area contributed by atoms with Gasteiger partial charge in [-0.25, -0.2) is 0 Å². The number of methoxy groups -OCH3 is 1. The van der Waals surface area contributed by atoms with E-state index in [-0.39, 0.29) is 37.4 Å². The van der Waals surface area contributed by atoms with Crippen molar-refractivity contribution in [2.75, 3.05) is 27.8 Å². The van der Waals surface area contributed by atoms with E-state index >= 15 is 0 Å². The quantitative estimate of drug-likeness (QED) is 0.237. The third-order valence-corrected chi connectivity index (χ3v) is 7.35. The number of carboxylic acid groups (broad SMARTS) is 2. The Morgan fingerprint density at radius 2 is 1.60 bits per heavy atom. The smallest absolute Gasteiger partial charge is 0.303 e. The zero-order valence-corrected chi connectivity index (χ0v) is 24.2. The molecule has 1 fully saturated rings. The molecule has 0 aromatic heterocycles. The maximum Gasteiger partial charge on any atom is 0.303 e. The topological polar surface area (TPSA) is 123 Å². The van der Waals surface area contributed by atoms with Gasteiger partial charge in [0.25, 0.3) is 5.91 Å². The standard InChI is InChI=1S/C33H37NO8/c1-34(2)33(39)24-15-22(21-7-4-8-25(16-21)40-3)17-26(20-24)42-27-18-23(19-27)28-9-5-10-30(29(28)12-13-32(37)38)41-14-6-11-31(35)36/h4-5,7-10,15-17,20,23,27H,6,11-14,18-19H2,1-3H3,(H,35,36)(H,37,38). The first kappa shape index (κ1) is 30.4. The lowest BCUT2D eigenvalue weighted by molar-refractivity contribution is -0.138. The minimum atomic E-state index is -0.893. The molecule has 0 bridgehead atoms. The Labute approximate surface area is 245 Å². The number of ether oxygens (including phenoxy) is 3. The molecule has 0 heterocycles. The summed E-state index contributed by atoms with van der Waals surface area (Å²) in [5.74, 6) is 0.173. The third-order valence-electron chi connectivity index (χ3n) is 7.35. The molecule has 1 amide bonds. The highest BCUT2D eigenvalue weighted by atomic mass is 16.5. The van der Waals surface area contributed by atoms with Crippen LogP contribution in [-0.4, -0.2) is 66.9 Å². The molecule has 0 unspecified atom stereocenters. The molecule has 42 heavy (non-hydrogen) atoms. The number of rotatable bonds is 14. The maximum absolute atomic E-state index is 12.9. The Bertz CT molecular complexity index is 1430. The third kappa shape index (κ3) is 7.81. The van der Waals surface area contributed by atoms with E-state index in [0.29, 0.717) is 35.7 Å². The van der Waals surface area contributed by atoms with Crippen molar-refractivity contribution in [2.45, 2.75) is 50.5 Å². The zero-order valence-electron chi connectivity index (χ0n) is 24.2. The van der Waals surface area contributed by atoms with Gasteiger partial charge in [0.05, 0.1) is 19.8 Å². The molecule has 2 N–H and O–H groups in total. The van der Waals surface area contributed by atoms with Gasteiger partial charge in [-0.3, -0.25) is 14.4 Å². The number of nitrogens with zero attached hydrogens (tertiary/aromatic N) is 1. The molecule has 1 saturated carbocycles. The van der Waals surface area contributed by atoms with Crippen molar-refractivity contribution < 1.29 is 38.8 Å². The first-order chi connectivity index (χ1) is 20.1. The maximum atomic E-state index is 12.9. The van der Waals surface area contributed by atoms with Crippen LogP contribution in [0.1, 0.15) is 59.5 Å². The van der Waals surface area contributed by atoms with Crippen LogP contribution in [0.3, 0.4) is 0 Å². The molecule has 222 valence electrons. The molecular formula is C33H37NO8. The second-order valence-corrected chi connectivity index (χ2v) is 10.6. The number of carbonyl (C=O) groups is 3. The van der Waals surface area contributed by atoms with Gasteiger partial charge in [0.1, 0.15) is 17.2 Å². The lowest BCUT2D eigenvalue weighted by atomic mass is 9.75. The molecule has 1 aliphatic carbocycles. The van der Waals surface area contributed by atoms with Gasteiger partial charge in [0.15, 0.2) is 0 Å². The Hall–Kier alpha value is -4.53. The fraction of sp³-hybridized carbons (Fsp3) is 0.364. The van der Waals surface area contributed by atoms with Crippen LogP contribution >= 0.6 is 0 Å². The van der Waals surface area contributed by atoms with Crippen LogP contribution in [0, 0.1) is 0 Å². The van der Waals surface area contributed by atoms with Gasteiger partial charge in [-0.1, -0.05) is 24.3 Å². The number of amides is 1. The lowest BCUT2D eigenvalue weighted by Gasteiger charge is -2.37. The summed E-state index contributed by atoms with van der Waals surface area (Å²) in [4.78, 5) is 36.6. The Morgan fingerprint density at radius 3 is 2.29 bits per heavy atom. The average molecular weight is 576 g/mol. The van der Waals surface area contributed by atoms with Crippen LogP contribution in [0.5, 0.6) is 17.2 Å². The number of carbonyl (C=O) groups excluding carboxylic acids is 1. The summed E-state index contributed by atoms with van der Waals surface area (Å²) in [7, 11) is 5.04. The normalized spacial score (nSPS) is 15.8. The number of aliphatic carboxylic acids is 2. The van der Waals surface area contributed by atoms with Crippen molar-refractivity contribution in [3.8, 4) is 28.4 Å². The highest BCUT2D eigenvalue weighted by molar-refractivity contribution is 5.95. The van der Waals surface area contributed by atoms with Crippen LogP contribution in [0.4, 0.5) is 0 Å². The first-order valence-electron chi connectivity index (χ1n) is 14.0. The van der Waals surface area contributed by atoms with Crippen molar-refractivity contribution in [3.63, 3.8) is 0 Å². The summed E-state index contributed by atoms with van der Waals surface area (Å²) < 4.78 is 17.7. The summed E-state index contributed by atoms with van der Waals surface area (Å²) >= 11 is 0. The predicted octanol–water partition coefficient (Wildman–Crippen LogP) is 5.65. The van der Waals surface area contributed by atoms with E-state index in [9.17, 15) is 19.5 Å². The molecule has 1 aliphatic rings. The minimum absolute atomic E-state index is 0.00661. The monoisotopic (exact) mass is 575 g/mol. The van der Waals surface area contributed by atoms with E-state index in [4.69, 9.17) is 19.3 Å². The van der Waals surface area contributed by atoms with Gasteiger partial charge in [-0.2, -0.15) is 0 Å². The number of benzene rings is 3. The molecule has 0 atom stereocenters. The van der Waals surface area contributed by atoms with Gasteiger partial charge in [-0.15, -0.1) is 0 Å². The first-order valence-corrected chi connectivity index (χ1v) is 14.0. The highest BCUT2D eigenvalue weighted by Gasteiger charge is 2.34. The number of hydrogen-bond donors (Lipinski definition) is 2. The molecule has 0 radical (unpaired) electrons. The average Bonchev–Trinajstić information content (AvgIpc) is 2.95. The number of carboxylic acids is 2. The van der Waals surface area contributed by atoms with Crippen LogP contribution < -0.4 is 14.2 Å². The molecule has 9 heteroatoms. The second kappa shape index (κ2) is 13.9. The summed E-state index contributed by atoms with van der Waals surface area (Å²) in [5.41, 5.74) is 4.14. The van der Waals surface area contributed by atoms with Crippen LogP contribution in [0.25, 0.3) is 11.1 Å². The van der Waals surface area contributed by atoms with Crippen molar-refractivity contribution in [3.05, 3.63) is 77.4 Å². The minimum Gasteiger partial charge on any atom is -0.497 e. The van der Waals surface area contributed by atoms with Crippen LogP contribution in [0.2, 0.25) is 0 Å². The van der Waals surface area contributed by atoms with Crippen LogP contribution in [-0.2, 0) is 16.0 Å². The lowest BCUT2D eigenvalue weighted by Crippen LogP contribution is -2.33. The van der Waals surface area contributed by atoms with Crippen molar-refractivity contribution in [1.82, 2.24) is 4.90 Å². The van der Waals surface area contributed by atoms with Gasteiger partial charge in [-0.05, 0) is 90.3 Å². The van der Waals surface area contributed by atoms with E-state index in [1.165, 1.54) is 4.90 Å². The summed E-state index contributed by atoms with van der Waals surface area (Å²) in [6.45, 7) is 0.240. The Balaban J connectivity index is 1.52. The summed E-state index contributed by atoms with van der Waals surface area (Å²) in [6.07, 6.45) is 2.03. The molecule has 4 rings (SSSR count). The van der Waals surface area contributed by atoms with Gasteiger partial charge in [0, 0.05) is 32.5 Å². The summed E-state index contributed by atoms with van der Waals surface area (Å²) in [6, 6.07) is 18.9. The van der Waals surface area contributed by atoms with Gasteiger partial charge < -0.3 is 29.3 Å². The van der Waals surface area contributed by atoms with Crippen LogP contribution in [0.15, 0.2) is 60.7 Å². The molecular weight excluding hydrogens is 538 g/mol. The fourth-order valence-electron chi connectivity index (χ4n) is 5.13. The SMILES string of the molecule is COc1cccc(-c2cc(OC3CC(c4cccc(OCCCC(=O)O)c4CCC(=O)O)C3)cc(C(=O)N(C)C)c2)c1. The van der Waals surface area contributed by atoms with Crippen molar-refractivity contribution in [2.24, 2.45) is 0 Å². The van der Waals surface area contributed by atoms with E-state index in [1.807, 2.05) is 54.6 Å². The van der Waals surface area contributed by atoms with Crippen molar-refractivity contribution >= 4 is 17.8 Å². The Morgan fingerprint density at radius 1 is 0.881 bits per heavy atom. The molecule has 9 nitrogen and oxygen atoms in total. The fourth-order valence-corrected chi connectivity index (χ4v) is 5.13. The van der Waals surface area contributed by atoms with Gasteiger partial charge >= 0.3 is 11.9 Å². The van der Waals surface area contributed by atoms with E-state index < -0.39 is 11.9 Å². The van der Waals surface area contributed by atoms with E-state index in [2.05, 4.69) is 0 Å². The molecule has 0 spiro atoms. The highest BCUT2D eigenvalue weighted by Crippen LogP contribution is 2.43. The number of hydrogen-bond acceptors (Lipinski definition) is 6. The van der Waals surface area contributed by atoms with E-state index in [1.54, 1.807) is 27.3 Å². The zero-order chi connectivity index (χ0) is 30.2. The van der Waals surface area contributed by atoms with Crippen molar-refractivity contribution in [1.29, 1.82) is 0 Å². The molecule has 0 saturated heterocycles. The molecule has 3 aromatic carbocycles. The molecule has 3 aromatic rings.